The Hall–Kier alpha value is -2.26. The monoisotopic (exact) mass is 362 g/mol. The first-order chi connectivity index (χ1) is 11.8. The summed E-state index contributed by atoms with van der Waals surface area (Å²) >= 11 is 0. The van der Waals surface area contributed by atoms with Crippen LogP contribution in [0.2, 0.25) is 0 Å². The van der Waals surface area contributed by atoms with Gasteiger partial charge in [-0.05, 0) is 39.2 Å². The van der Waals surface area contributed by atoms with Crippen molar-refractivity contribution in [2.45, 2.75) is 38.5 Å². The first-order valence-electron chi connectivity index (χ1n) is 8.09. The summed E-state index contributed by atoms with van der Waals surface area (Å²) in [6.45, 7) is 5.73. The lowest BCUT2D eigenvalue weighted by molar-refractivity contribution is 0.577. The second kappa shape index (κ2) is 6.57. The largest absolute Gasteiger partial charge is 0.271 e. The van der Waals surface area contributed by atoms with Crippen molar-refractivity contribution in [1.29, 1.82) is 0 Å². The number of rotatable bonds is 6. The number of sulfonamides is 1. The van der Waals surface area contributed by atoms with E-state index >= 15 is 0 Å². The van der Waals surface area contributed by atoms with Crippen LogP contribution in [-0.2, 0) is 23.5 Å². The molecule has 3 aromatic heterocycles. The van der Waals surface area contributed by atoms with Crippen LogP contribution in [0.15, 0.2) is 23.4 Å². The Kier molecular flexibility index (Phi) is 4.61. The molecule has 0 atom stereocenters. The number of hydrogen-bond donors (Lipinski definition) is 1. The minimum atomic E-state index is -3.55. The average Bonchev–Trinajstić information content (AvgIpc) is 3.02. The zero-order chi connectivity index (χ0) is 18.2. The molecule has 0 saturated carbocycles. The molecule has 8 nitrogen and oxygen atoms in total. The van der Waals surface area contributed by atoms with E-state index in [0.29, 0.717) is 24.4 Å². The number of hydrogen-bond acceptors (Lipinski definition) is 5. The highest BCUT2D eigenvalue weighted by Gasteiger charge is 2.23. The number of fused-ring (bicyclic) bond motifs is 1. The van der Waals surface area contributed by atoms with E-state index in [1.807, 2.05) is 19.2 Å². The summed E-state index contributed by atoms with van der Waals surface area (Å²) in [7, 11) is -1.82. The van der Waals surface area contributed by atoms with Gasteiger partial charge in [-0.15, -0.1) is 0 Å². The Labute approximate surface area is 146 Å². The van der Waals surface area contributed by atoms with Crippen LogP contribution in [0.3, 0.4) is 0 Å². The summed E-state index contributed by atoms with van der Waals surface area (Å²) in [5.41, 5.74) is 3.89. The third-order valence-electron chi connectivity index (χ3n) is 4.13. The maximum atomic E-state index is 12.5. The molecule has 9 heteroatoms. The van der Waals surface area contributed by atoms with Crippen LogP contribution in [0.25, 0.3) is 5.65 Å². The summed E-state index contributed by atoms with van der Waals surface area (Å²) in [4.78, 5) is 4.62. The molecule has 134 valence electrons. The molecule has 0 spiro atoms. The summed E-state index contributed by atoms with van der Waals surface area (Å²) in [5.74, 6) is 0. The molecule has 0 fully saturated rings. The maximum Gasteiger partial charge on any atom is 0.244 e. The Morgan fingerprint density at radius 3 is 2.64 bits per heavy atom. The maximum absolute atomic E-state index is 12.5. The third-order valence-corrected chi connectivity index (χ3v) is 5.85. The molecule has 0 amide bonds. The second-order valence-corrected chi connectivity index (χ2v) is 7.88. The van der Waals surface area contributed by atoms with Crippen LogP contribution in [-0.4, -0.2) is 39.3 Å². The lowest BCUT2D eigenvalue weighted by atomic mass is 10.2. The van der Waals surface area contributed by atoms with E-state index in [2.05, 4.69) is 19.9 Å². The van der Waals surface area contributed by atoms with Gasteiger partial charge >= 0.3 is 0 Å². The molecule has 25 heavy (non-hydrogen) atoms. The van der Waals surface area contributed by atoms with E-state index in [9.17, 15) is 8.42 Å². The van der Waals surface area contributed by atoms with E-state index in [0.717, 1.165) is 23.3 Å². The van der Waals surface area contributed by atoms with E-state index in [-0.39, 0.29) is 4.90 Å². The van der Waals surface area contributed by atoms with Gasteiger partial charge in [0.1, 0.15) is 4.90 Å². The van der Waals surface area contributed by atoms with Crippen molar-refractivity contribution in [3.63, 3.8) is 0 Å². The molecule has 0 aromatic carbocycles. The molecule has 3 rings (SSSR count). The van der Waals surface area contributed by atoms with E-state index in [1.54, 1.807) is 36.3 Å². The predicted octanol–water partition coefficient (Wildman–Crippen LogP) is 1.30. The first kappa shape index (κ1) is 17.6. The van der Waals surface area contributed by atoms with E-state index in [1.165, 1.54) is 0 Å². The van der Waals surface area contributed by atoms with Crippen molar-refractivity contribution >= 4 is 15.7 Å². The highest BCUT2D eigenvalue weighted by Crippen LogP contribution is 2.18. The van der Waals surface area contributed by atoms with E-state index in [4.69, 9.17) is 0 Å². The summed E-state index contributed by atoms with van der Waals surface area (Å²) in [6, 6.07) is 1.91. The van der Waals surface area contributed by atoms with Gasteiger partial charge in [0.05, 0.1) is 17.1 Å². The van der Waals surface area contributed by atoms with Gasteiger partial charge in [0.15, 0.2) is 5.65 Å². The Morgan fingerprint density at radius 2 is 1.96 bits per heavy atom. The van der Waals surface area contributed by atoms with Gasteiger partial charge in [0, 0.05) is 32.1 Å². The van der Waals surface area contributed by atoms with Crippen molar-refractivity contribution < 1.29 is 8.42 Å². The lowest BCUT2D eigenvalue weighted by Gasteiger charge is -2.07. The Morgan fingerprint density at radius 1 is 1.20 bits per heavy atom. The van der Waals surface area contributed by atoms with Gasteiger partial charge in [-0.25, -0.2) is 22.6 Å². The molecule has 1 N–H and O–H groups in total. The second-order valence-electron chi connectivity index (χ2n) is 6.18. The Balaban J connectivity index is 1.61. The topological polar surface area (TPSA) is 94.2 Å². The summed E-state index contributed by atoms with van der Waals surface area (Å²) in [6.07, 6.45) is 5.13. The van der Waals surface area contributed by atoms with Crippen LogP contribution >= 0.6 is 0 Å². The van der Waals surface area contributed by atoms with Crippen molar-refractivity contribution in [3.05, 3.63) is 41.1 Å². The molecule has 0 saturated heterocycles. The van der Waals surface area contributed by atoms with Gasteiger partial charge in [0.2, 0.25) is 10.0 Å². The van der Waals surface area contributed by atoms with Crippen molar-refractivity contribution in [1.82, 2.24) is 29.1 Å². The molecule has 3 heterocycles. The van der Waals surface area contributed by atoms with Crippen molar-refractivity contribution in [2.24, 2.45) is 7.05 Å². The predicted molar refractivity (Wildman–Crippen MR) is 93.9 cm³/mol. The zero-order valence-electron chi connectivity index (χ0n) is 14.8. The molecular weight excluding hydrogens is 340 g/mol. The molecule has 0 aliphatic rings. The molecule has 0 aliphatic carbocycles. The molecule has 0 bridgehead atoms. The minimum Gasteiger partial charge on any atom is -0.271 e. The summed E-state index contributed by atoms with van der Waals surface area (Å²) in [5, 5.41) is 8.50. The standard InChI is InChI=1S/C16H22N6O2S/c1-11-8-15-17-9-14(10-22(15)19-11)6-5-7-18-25(23,24)16-12(2)20-21(4)13(16)3/h8-10,18H,5-7H2,1-4H3. The van der Waals surface area contributed by atoms with Crippen molar-refractivity contribution in [3.8, 4) is 0 Å². The van der Waals surface area contributed by atoms with Crippen molar-refractivity contribution in [2.75, 3.05) is 6.54 Å². The summed E-state index contributed by atoms with van der Waals surface area (Å²) < 4.78 is 31.0. The molecule has 3 aromatic rings. The highest BCUT2D eigenvalue weighted by molar-refractivity contribution is 7.89. The number of aryl methyl sites for hydroxylation is 4. The third kappa shape index (κ3) is 3.57. The number of aromatic nitrogens is 5. The van der Waals surface area contributed by atoms with E-state index < -0.39 is 10.0 Å². The fourth-order valence-corrected chi connectivity index (χ4v) is 4.39. The normalized spacial score (nSPS) is 12.2. The quantitative estimate of drug-likeness (QED) is 0.667. The molecular formula is C16H22N6O2S. The van der Waals surface area contributed by atoms with Gasteiger partial charge in [0.25, 0.3) is 0 Å². The van der Waals surface area contributed by atoms with Gasteiger partial charge in [-0.1, -0.05) is 0 Å². The first-order valence-corrected chi connectivity index (χ1v) is 9.57. The van der Waals surface area contributed by atoms with Gasteiger partial charge in [-0.2, -0.15) is 10.2 Å². The lowest BCUT2D eigenvalue weighted by Crippen LogP contribution is -2.26. The van der Waals surface area contributed by atoms with Crippen LogP contribution in [0.1, 0.15) is 29.1 Å². The van der Waals surface area contributed by atoms with Gasteiger partial charge < -0.3 is 0 Å². The highest BCUT2D eigenvalue weighted by atomic mass is 32.2. The molecule has 0 aliphatic heterocycles. The van der Waals surface area contributed by atoms with Crippen LogP contribution in [0.4, 0.5) is 0 Å². The smallest absolute Gasteiger partial charge is 0.244 e. The zero-order valence-corrected chi connectivity index (χ0v) is 15.6. The van der Waals surface area contributed by atoms with Crippen LogP contribution in [0.5, 0.6) is 0 Å². The minimum absolute atomic E-state index is 0.269. The SMILES string of the molecule is Cc1cc2ncc(CCCNS(=O)(=O)c3c(C)nn(C)c3C)cn2n1. The molecule has 0 radical (unpaired) electrons. The Bertz CT molecular complexity index is 1020. The fourth-order valence-electron chi connectivity index (χ4n) is 2.88. The molecule has 0 unspecified atom stereocenters. The van der Waals surface area contributed by atoms with Gasteiger partial charge in [-0.3, -0.25) is 4.68 Å². The average molecular weight is 362 g/mol. The fraction of sp³-hybridized carbons (Fsp3) is 0.438. The number of nitrogens with one attached hydrogen (secondary N) is 1. The van der Waals surface area contributed by atoms with Crippen LogP contribution < -0.4 is 4.72 Å². The van der Waals surface area contributed by atoms with Crippen LogP contribution in [0, 0.1) is 20.8 Å². The number of nitrogens with zero attached hydrogens (tertiary/aromatic N) is 5.